The van der Waals surface area contributed by atoms with Gasteiger partial charge >= 0.3 is 0 Å². The Morgan fingerprint density at radius 2 is 2.10 bits per heavy atom. The first-order valence-corrected chi connectivity index (χ1v) is 8.17. The van der Waals surface area contributed by atoms with E-state index in [9.17, 15) is 9.90 Å². The molecule has 4 nitrogen and oxygen atoms in total. The zero-order valence-electron chi connectivity index (χ0n) is 13.4. The van der Waals surface area contributed by atoms with Gasteiger partial charge in [0.25, 0.3) is 0 Å². The summed E-state index contributed by atoms with van der Waals surface area (Å²) >= 11 is 0. The third-order valence-electron chi connectivity index (χ3n) is 4.82. The Morgan fingerprint density at radius 3 is 2.71 bits per heavy atom. The van der Waals surface area contributed by atoms with Gasteiger partial charge in [0.15, 0.2) is 0 Å². The summed E-state index contributed by atoms with van der Waals surface area (Å²) in [6.07, 6.45) is 6.74. The van der Waals surface area contributed by atoms with E-state index in [1.54, 1.807) is 0 Å². The molecule has 21 heavy (non-hydrogen) atoms. The first kappa shape index (κ1) is 16.5. The van der Waals surface area contributed by atoms with Gasteiger partial charge in [-0.2, -0.15) is 0 Å². The van der Waals surface area contributed by atoms with Crippen LogP contribution in [0.2, 0.25) is 0 Å². The van der Waals surface area contributed by atoms with Gasteiger partial charge in [-0.1, -0.05) is 11.6 Å². The highest BCUT2D eigenvalue weighted by Crippen LogP contribution is 2.35. The van der Waals surface area contributed by atoms with Crippen LogP contribution in [0.1, 0.15) is 46.0 Å². The molecule has 2 saturated heterocycles. The van der Waals surface area contributed by atoms with Crippen LogP contribution < -0.4 is 0 Å². The number of carbonyl (C=O) groups excluding carboxylic acids is 1. The molecule has 0 spiro atoms. The van der Waals surface area contributed by atoms with Gasteiger partial charge < -0.3 is 14.7 Å². The van der Waals surface area contributed by atoms with Crippen molar-refractivity contribution in [1.29, 1.82) is 0 Å². The van der Waals surface area contributed by atoms with Crippen molar-refractivity contribution in [3.63, 3.8) is 0 Å². The lowest BCUT2D eigenvalue weighted by atomic mass is 9.77. The van der Waals surface area contributed by atoms with Crippen molar-refractivity contribution in [3.8, 4) is 0 Å². The van der Waals surface area contributed by atoms with Gasteiger partial charge in [-0.25, -0.2) is 0 Å². The molecule has 0 radical (unpaired) electrons. The Hall–Kier alpha value is -0.870. The van der Waals surface area contributed by atoms with Crippen LogP contribution in [-0.4, -0.2) is 48.8 Å². The van der Waals surface area contributed by atoms with E-state index < -0.39 is 0 Å². The van der Waals surface area contributed by atoms with Gasteiger partial charge in [0, 0.05) is 37.6 Å². The van der Waals surface area contributed by atoms with Crippen LogP contribution in [0.15, 0.2) is 11.6 Å². The van der Waals surface area contributed by atoms with E-state index in [1.165, 1.54) is 5.57 Å². The highest BCUT2D eigenvalue weighted by atomic mass is 16.5. The van der Waals surface area contributed by atoms with Crippen molar-refractivity contribution >= 4 is 5.91 Å². The van der Waals surface area contributed by atoms with Crippen molar-refractivity contribution in [2.45, 2.75) is 46.0 Å². The SMILES string of the molecule is CC(C)=CC[C@]1(CO)CCCN(C(=O)C2CCOCC2)C1. The van der Waals surface area contributed by atoms with Crippen LogP contribution >= 0.6 is 0 Å². The molecule has 1 N–H and O–H groups in total. The quantitative estimate of drug-likeness (QED) is 0.810. The summed E-state index contributed by atoms with van der Waals surface area (Å²) < 4.78 is 5.35. The number of allylic oxidation sites excluding steroid dienone is 2. The molecule has 0 unspecified atom stereocenters. The minimum Gasteiger partial charge on any atom is -0.396 e. The van der Waals surface area contributed by atoms with Crippen molar-refractivity contribution in [1.82, 2.24) is 4.90 Å². The molecule has 2 fully saturated rings. The molecular formula is C17H29NO3. The Kier molecular flexibility index (Phi) is 5.82. The number of carbonyl (C=O) groups is 1. The van der Waals surface area contributed by atoms with Crippen LogP contribution in [0.25, 0.3) is 0 Å². The number of hydrogen-bond donors (Lipinski definition) is 1. The molecule has 2 rings (SSSR count). The summed E-state index contributed by atoms with van der Waals surface area (Å²) in [6, 6.07) is 0. The average Bonchev–Trinajstić information content (AvgIpc) is 2.53. The molecule has 4 heteroatoms. The number of hydrogen-bond acceptors (Lipinski definition) is 3. The van der Waals surface area contributed by atoms with E-state index in [2.05, 4.69) is 19.9 Å². The Balaban J connectivity index is 2.00. The summed E-state index contributed by atoms with van der Waals surface area (Å²) in [4.78, 5) is 14.7. The van der Waals surface area contributed by atoms with E-state index in [1.807, 2.05) is 4.90 Å². The highest BCUT2D eigenvalue weighted by Gasteiger charge is 2.37. The van der Waals surface area contributed by atoms with Gasteiger partial charge in [-0.15, -0.1) is 0 Å². The molecule has 0 aromatic rings. The number of likely N-dealkylation sites (tertiary alicyclic amines) is 1. The largest absolute Gasteiger partial charge is 0.396 e. The molecule has 120 valence electrons. The third-order valence-corrected chi connectivity index (χ3v) is 4.82. The van der Waals surface area contributed by atoms with Crippen LogP contribution in [0.3, 0.4) is 0 Å². The maximum atomic E-state index is 12.7. The maximum absolute atomic E-state index is 12.7. The van der Waals surface area contributed by atoms with Crippen LogP contribution in [-0.2, 0) is 9.53 Å². The summed E-state index contributed by atoms with van der Waals surface area (Å²) in [6.45, 7) is 7.27. The van der Waals surface area contributed by atoms with Crippen LogP contribution in [0.4, 0.5) is 0 Å². The number of aliphatic hydroxyl groups is 1. The molecule has 1 atom stereocenters. The van der Waals surface area contributed by atoms with Gasteiger partial charge in [0.05, 0.1) is 6.61 Å². The second-order valence-corrected chi connectivity index (χ2v) is 6.89. The first-order chi connectivity index (χ1) is 10.1. The maximum Gasteiger partial charge on any atom is 0.225 e. The van der Waals surface area contributed by atoms with Crippen LogP contribution in [0, 0.1) is 11.3 Å². The molecule has 0 aliphatic carbocycles. The molecule has 1 amide bonds. The summed E-state index contributed by atoms with van der Waals surface area (Å²) in [7, 11) is 0. The Morgan fingerprint density at radius 1 is 1.38 bits per heavy atom. The minimum atomic E-state index is -0.143. The standard InChI is InChI=1S/C17H29NO3/c1-14(2)4-8-17(13-19)7-3-9-18(12-17)16(20)15-5-10-21-11-6-15/h4,15,19H,3,5-13H2,1-2H3/t17-/m1/s1. The summed E-state index contributed by atoms with van der Waals surface area (Å²) in [5, 5.41) is 9.88. The van der Waals surface area contributed by atoms with Crippen molar-refractivity contribution < 1.29 is 14.6 Å². The van der Waals surface area contributed by atoms with Crippen molar-refractivity contribution in [2.75, 3.05) is 32.9 Å². The predicted octanol–water partition coefficient (Wildman–Crippen LogP) is 2.37. The fourth-order valence-corrected chi connectivity index (χ4v) is 3.38. The lowest BCUT2D eigenvalue weighted by Crippen LogP contribution is -2.50. The third kappa shape index (κ3) is 4.30. The van der Waals surface area contributed by atoms with Gasteiger partial charge in [0.1, 0.15) is 0 Å². The lowest BCUT2D eigenvalue weighted by molar-refractivity contribution is -0.142. The normalized spacial score (nSPS) is 27.5. The van der Waals surface area contributed by atoms with Crippen molar-refractivity contribution in [2.24, 2.45) is 11.3 Å². The van der Waals surface area contributed by atoms with Gasteiger partial charge in [0.2, 0.25) is 5.91 Å². The minimum absolute atomic E-state index is 0.122. The van der Waals surface area contributed by atoms with Crippen LogP contribution in [0.5, 0.6) is 0 Å². The van der Waals surface area contributed by atoms with Gasteiger partial charge in [-0.3, -0.25) is 4.79 Å². The molecule has 2 aliphatic heterocycles. The first-order valence-electron chi connectivity index (χ1n) is 8.17. The summed E-state index contributed by atoms with van der Waals surface area (Å²) in [5.74, 6) is 0.393. The fraction of sp³-hybridized carbons (Fsp3) is 0.824. The molecule has 0 aromatic carbocycles. The molecular weight excluding hydrogens is 266 g/mol. The average molecular weight is 295 g/mol. The number of piperidine rings is 1. The number of amides is 1. The molecule has 2 aliphatic rings. The second kappa shape index (κ2) is 7.41. The highest BCUT2D eigenvalue weighted by molar-refractivity contribution is 5.79. The van der Waals surface area contributed by atoms with Gasteiger partial charge in [-0.05, 0) is 46.0 Å². The smallest absolute Gasteiger partial charge is 0.225 e. The molecule has 0 bridgehead atoms. The van der Waals surface area contributed by atoms with E-state index in [0.717, 1.165) is 38.6 Å². The molecule has 0 aromatic heterocycles. The lowest BCUT2D eigenvalue weighted by Gasteiger charge is -2.43. The zero-order chi connectivity index (χ0) is 15.3. The number of nitrogens with zero attached hydrogens (tertiary/aromatic N) is 1. The fourth-order valence-electron chi connectivity index (χ4n) is 3.38. The number of ether oxygens (including phenoxy) is 1. The Labute approximate surface area is 128 Å². The number of rotatable bonds is 4. The monoisotopic (exact) mass is 295 g/mol. The number of aliphatic hydroxyl groups excluding tert-OH is 1. The Bertz CT molecular complexity index is 383. The molecule has 2 heterocycles. The van der Waals surface area contributed by atoms with E-state index in [4.69, 9.17) is 4.74 Å². The predicted molar refractivity (Wildman–Crippen MR) is 82.9 cm³/mol. The molecule has 0 saturated carbocycles. The topological polar surface area (TPSA) is 49.8 Å². The van der Waals surface area contributed by atoms with E-state index >= 15 is 0 Å². The van der Waals surface area contributed by atoms with E-state index in [-0.39, 0.29) is 23.8 Å². The summed E-state index contributed by atoms with van der Waals surface area (Å²) in [5.41, 5.74) is 1.13. The zero-order valence-corrected chi connectivity index (χ0v) is 13.4. The van der Waals surface area contributed by atoms with Crippen molar-refractivity contribution in [3.05, 3.63) is 11.6 Å². The van der Waals surface area contributed by atoms with E-state index in [0.29, 0.717) is 19.8 Å². The second-order valence-electron chi connectivity index (χ2n) is 6.89.